The largest absolute Gasteiger partial charge is 0.489 e. The molecule has 0 saturated carbocycles. The van der Waals surface area contributed by atoms with Gasteiger partial charge >= 0.3 is 0 Å². The number of hydrogen-bond donors (Lipinski definition) is 1. The van der Waals surface area contributed by atoms with Gasteiger partial charge in [-0.2, -0.15) is 0 Å². The second-order valence-corrected chi connectivity index (χ2v) is 8.37. The first-order chi connectivity index (χ1) is 12.8. The topological polar surface area (TPSA) is 55.6 Å². The third kappa shape index (κ3) is 5.87. The van der Waals surface area contributed by atoms with Gasteiger partial charge in [0.25, 0.3) is 0 Å². The van der Waals surface area contributed by atoms with E-state index in [0.29, 0.717) is 24.6 Å². The summed E-state index contributed by atoms with van der Waals surface area (Å²) in [5, 5.41) is 0.709. The number of ether oxygens (including phenoxy) is 1. The lowest BCUT2D eigenvalue weighted by molar-refractivity contribution is -0.133. The van der Waals surface area contributed by atoms with Gasteiger partial charge in [0.2, 0.25) is 5.91 Å². The molecule has 0 aliphatic carbocycles. The summed E-state index contributed by atoms with van der Waals surface area (Å²) in [6, 6.07) is 15.5. The third-order valence-electron chi connectivity index (χ3n) is 5.24. The summed E-state index contributed by atoms with van der Waals surface area (Å²) in [5.41, 5.74) is 8.14. The number of likely N-dealkylation sites (tertiary alicyclic amines) is 1. The second kappa shape index (κ2) is 9.64. The molecule has 4 nitrogen and oxygen atoms in total. The van der Waals surface area contributed by atoms with Crippen LogP contribution >= 0.6 is 24.0 Å². The van der Waals surface area contributed by atoms with Crippen molar-refractivity contribution in [1.82, 2.24) is 4.90 Å². The maximum Gasteiger partial charge on any atom is 0.227 e. The van der Waals surface area contributed by atoms with Crippen LogP contribution in [0.15, 0.2) is 48.5 Å². The fourth-order valence-corrected chi connectivity index (χ4v) is 3.49. The van der Waals surface area contributed by atoms with E-state index in [1.807, 2.05) is 53.4 Å². The van der Waals surface area contributed by atoms with E-state index in [-0.39, 0.29) is 29.8 Å². The predicted octanol–water partition coefficient (Wildman–Crippen LogP) is 4.47. The number of carbonyl (C=O) groups excluding carboxylic acids is 1. The highest BCUT2D eigenvalue weighted by atomic mass is 35.5. The lowest BCUT2D eigenvalue weighted by Crippen LogP contribution is -2.54. The summed E-state index contributed by atoms with van der Waals surface area (Å²) in [4.78, 5) is 14.7. The van der Waals surface area contributed by atoms with Crippen LogP contribution in [0.3, 0.4) is 0 Å². The van der Waals surface area contributed by atoms with Crippen LogP contribution in [0.5, 0.6) is 5.75 Å². The van der Waals surface area contributed by atoms with Gasteiger partial charge in [-0.05, 0) is 47.2 Å². The Morgan fingerprint density at radius 1 is 1.21 bits per heavy atom. The van der Waals surface area contributed by atoms with Gasteiger partial charge in [-0.3, -0.25) is 4.79 Å². The van der Waals surface area contributed by atoms with Crippen LogP contribution < -0.4 is 10.5 Å². The summed E-state index contributed by atoms with van der Waals surface area (Å²) >= 11 is 5.90. The lowest BCUT2D eigenvalue weighted by atomic mass is 9.79. The molecule has 2 N–H and O–H groups in total. The van der Waals surface area contributed by atoms with Crippen molar-refractivity contribution in [3.63, 3.8) is 0 Å². The molecule has 1 aliphatic rings. The number of hydrogen-bond acceptors (Lipinski definition) is 3. The molecule has 152 valence electrons. The number of nitrogens with zero attached hydrogens (tertiary/aromatic N) is 1. The second-order valence-electron chi connectivity index (χ2n) is 7.94. The number of rotatable bonds is 5. The van der Waals surface area contributed by atoms with Gasteiger partial charge in [-0.15, -0.1) is 12.4 Å². The highest BCUT2D eigenvalue weighted by Gasteiger charge is 2.35. The zero-order valence-electron chi connectivity index (χ0n) is 16.4. The molecule has 1 heterocycles. The average molecular weight is 423 g/mol. The number of amides is 1. The van der Waals surface area contributed by atoms with Crippen molar-refractivity contribution in [2.45, 2.75) is 39.3 Å². The van der Waals surface area contributed by atoms with Crippen LogP contribution in [-0.2, 0) is 17.8 Å². The summed E-state index contributed by atoms with van der Waals surface area (Å²) in [5.74, 6) is 0.904. The van der Waals surface area contributed by atoms with E-state index < -0.39 is 0 Å². The molecule has 2 aromatic rings. The molecule has 1 unspecified atom stereocenters. The molecule has 0 bridgehead atoms. The molecule has 2 aromatic carbocycles. The van der Waals surface area contributed by atoms with Crippen LogP contribution in [0.2, 0.25) is 5.02 Å². The van der Waals surface area contributed by atoms with E-state index in [1.165, 1.54) is 0 Å². The summed E-state index contributed by atoms with van der Waals surface area (Å²) in [6.07, 6.45) is 1.23. The average Bonchev–Trinajstić information content (AvgIpc) is 2.64. The Kier molecular flexibility index (Phi) is 7.76. The molecule has 28 heavy (non-hydrogen) atoms. The van der Waals surface area contributed by atoms with Gasteiger partial charge in [0.05, 0.1) is 6.42 Å². The first-order valence-electron chi connectivity index (χ1n) is 9.33. The Balaban J connectivity index is 0.00000280. The van der Waals surface area contributed by atoms with E-state index in [1.54, 1.807) is 0 Å². The number of halogens is 2. The van der Waals surface area contributed by atoms with Crippen LogP contribution in [0.4, 0.5) is 0 Å². The quantitative estimate of drug-likeness (QED) is 0.772. The highest BCUT2D eigenvalue weighted by molar-refractivity contribution is 6.30. The van der Waals surface area contributed by atoms with E-state index in [9.17, 15) is 4.79 Å². The van der Waals surface area contributed by atoms with Crippen LogP contribution in [-0.4, -0.2) is 29.9 Å². The summed E-state index contributed by atoms with van der Waals surface area (Å²) in [6.45, 7) is 6.16. The zero-order chi connectivity index (χ0) is 19.4. The monoisotopic (exact) mass is 422 g/mol. The molecule has 1 amide bonds. The van der Waals surface area contributed by atoms with E-state index >= 15 is 0 Å². The molecular weight excluding hydrogens is 395 g/mol. The van der Waals surface area contributed by atoms with Gasteiger partial charge in [0.1, 0.15) is 12.4 Å². The fourth-order valence-electron chi connectivity index (χ4n) is 3.37. The number of nitrogens with two attached hydrogens (primary N) is 1. The smallest absolute Gasteiger partial charge is 0.227 e. The molecule has 1 saturated heterocycles. The van der Waals surface area contributed by atoms with E-state index in [2.05, 4.69) is 13.8 Å². The Morgan fingerprint density at radius 2 is 1.93 bits per heavy atom. The molecule has 0 aromatic heterocycles. The highest BCUT2D eigenvalue weighted by Crippen LogP contribution is 2.28. The Morgan fingerprint density at radius 3 is 2.61 bits per heavy atom. The van der Waals surface area contributed by atoms with Gasteiger partial charge in [-0.25, -0.2) is 0 Å². The predicted molar refractivity (Wildman–Crippen MR) is 116 cm³/mol. The molecule has 6 heteroatoms. The summed E-state index contributed by atoms with van der Waals surface area (Å²) in [7, 11) is 0. The molecule has 0 spiro atoms. The minimum absolute atomic E-state index is 0. The fraction of sp³-hybridized carbons (Fsp3) is 0.409. The first-order valence-corrected chi connectivity index (χ1v) is 9.71. The molecule has 1 aliphatic heterocycles. The number of carbonyl (C=O) groups is 1. The summed E-state index contributed by atoms with van der Waals surface area (Å²) < 4.78 is 5.86. The van der Waals surface area contributed by atoms with Crippen molar-refractivity contribution < 1.29 is 9.53 Å². The lowest BCUT2D eigenvalue weighted by Gasteiger charge is -2.42. The Hall–Kier alpha value is -1.75. The van der Waals surface area contributed by atoms with Crippen LogP contribution in [0, 0.1) is 5.41 Å². The van der Waals surface area contributed by atoms with Gasteiger partial charge in [-0.1, -0.05) is 49.7 Å². The van der Waals surface area contributed by atoms with Crippen molar-refractivity contribution in [2.75, 3.05) is 13.1 Å². The van der Waals surface area contributed by atoms with Crippen molar-refractivity contribution >= 4 is 29.9 Å². The SMILES string of the molecule is CC1(C)CN(C(=O)Cc2cccc(OCc3ccc(Cl)cc3)c2)CCC1N.Cl. The van der Waals surface area contributed by atoms with Crippen LogP contribution in [0.1, 0.15) is 31.4 Å². The van der Waals surface area contributed by atoms with Gasteiger partial charge in [0.15, 0.2) is 0 Å². The van der Waals surface area contributed by atoms with E-state index in [0.717, 1.165) is 29.8 Å². The molecule has 0 radical (unpaired) electrons. The zero-order valence-corrected chi connectivity index (χ0v) is 17.9. The maximum absolute atomic E-state index is 12.7. The maximum atomic E-state index is 12.7. The standard InChI is InChI=1S/C22H27ClN2O2.ClH/c1-22(2)15-25(11-10-20(22)24)21(26)13-17-4-3-5-19(12-17)27-14-16-6-8-18(23)9-7-16;/h3-9,12,20H,10-11,13-15,24H2,1-2H3;1H. The number of piperidine rings is 1. The van der Waals surface area contributed by atoms with Gasteiger partial charge < -0.3 is 15.4 Å². The Labute approximate surface area is 178 Å². The van der Waals surface area contributed by atoms with Crippen molar-refractivity contribution in [2.24, 2.45) is 11.1 Å². The first kappa shape index (κ1) is 22.5. The third-order valence-corrected chi connectivity index (χ3v) is 5.49. The van der Waals surface area contributed by atoms with Crippen molar-refractivity contribution in [3.05, 3.63) is 64.7 Å². The number of benzene rings is 2. The van der Waals surface area contributed by atoms with Crippen molar-refractivity contribution in [1.29, 1.82) is 0 Å². The van der Waals surface area contributed by atoms with Gasteiger partial charge in [0, 0.05) is 24.2 Å². The molecule has 1 atom stereocenters. The minimum atomic E-state index is -0.0442. The van der Waals surface area contributed by atoms with Crippen molar-refractivity contribution in [3.8, 4) is 5.75 Å². The van der Waals surface area contributed by atoms with Crippen LogP contribution in [0.25, 0.3) is 0 Å². The normalized spacial score (nSPS) is 18.3. The molecular formula is C22H28Cl2N2O2. The Bertz CT molecular complexity index is 793. The minimum Gasteiger partial charge on any atom is -0.489 e. The molecule has 1 fully saturated rings. The van der Waals surface area contributed by atoms with E-state index in [4.69, 9.17) is 22.1 Å². The molecule has 3 rings (SSSR count).